The van der Waals surface area contributed by atoms with Crippen molar-refractivity contribution < 1.29 is 51.7 Å². The van der Waals surface area contributed by atoms with Gasteiger partial charge in [-0.1, -0.05) is 12.1 Å². The van der Waals surface area contributed by atoms with Crippen molar-refractivity contribution in [1.29, 1.82) is 0 Å². The molecule has 222 valence electrons. The SMILES string of the molecule is COc1ccc(CNc2nnc(C)c3cc(-c4cc(B(O)O)cc(F)c4OC)ccc23)c(OC)c1.O=C(O)C(F)(F)F. The molecule has 0 unspecified atom stereocenters. The first-order valence-corrected chi connectivity index (χ1v) is 12.1. The second-order valence-corrected chi connectivity index (χ2v) is 8.69. The van der Waals surface area contributed by atoms with Crippen LogP contribution in [0.3, 0.4) is 0 Å². The Kier molecular flexibility index (Phi) is 10.1. The van der Waals surface area contributed by atoms with Gasteiger partial charge in [-0.25, -0.2) is 9.18 Å². The van der Waals surface area contributed by atoms with Crippen molar-refractivity contribution in [3.63, 3.8) is 0 Å². The van der Waals surface area contributed by atoms with Gasteiger partial charge < -0.3 is 34.7 Å². The van der Waals surface area contributed by atoms with Crippen molar-refractivity contribution in [2.75, 3.05) is 26.6 Å². The summed E-state index contributed by atoms with van der Waals surface area (Å²) in [5.74, 6) is -1.47. The molecule has 0 fully saturated rings. The van der Waals surface area contributed by atoms with Gasteiger partial charge in [-0.3, -0.25) is 0 Å². The lowest BCUT2D eigenvalue weighted by atomic mass is 9.78. The van der Waals surface area contributed by atoms with Gasteiger partial charge in [0, 0.05) is 34.5 Å². The van der Waals surface area contributed by atoms with Gasteiger partial charge in [-0.05, 0) is 48.3 Å². The van der Waals surface area contributed by atoms with Gasteiger partial charge >= 0.3 is 19.3 Å². The van der Waals surface area contributed by atoms with Crippen LogP contribution in [-0.2, 0) is 11.3 Å². The zero-order chi connectivity index (χ0) is 31.2. The van der Waals surface area contributed by atoms with Crippen molar-refractivity contribution in [3.8, 4) is 28.4 Å². The molecule has 15 heteroatoms. The van der Waals surface area contributed by atoms with E-state index >= 15 is 0 Å². The lowest BCUT2D eigenvalue weighted by Crippen LogP contribution is -2.30. The van der Waals surface area contributed by atoms with Crippen LogP contribution in [0.5, 0.6) is 17.2 Å². The summed E-state index contributed by atoms with van der Waals surface area (Å²) in [4.78, 5) is 8.90. The highest BCUT2D eigenvalue weighted by Gasteiger charge is 2.38. The van der Waals surface area contributed by atoms with E-state index in [1.807, 2.05) is 37.3 Å². The second kappa shape index (κ2) is 13.4. The number of fused-ring (bicyclic) bond motifs is 1. The molecule has 10 nitrogen and oxygen atoms in total. The number of aliphatic carboxylic acids is 1. The number of carboxylic acid groups (broad SMARTS) is 1. The van der Waals surface area contributed by atoms with Crippen LogP contribution in [0.1, 0.15) is 11.3 Å². The number of halogens is 4. The molecule has 0 saturated carbocycles. The molecule has 1 heterocycles. The smallest absolute Gasteiger partial charge is 0.490 e. The van der Waals surface area contributed by atoms with Gasteiger partial charge in [-0.15, -0.1) is 5.10 Å². The molecule has 1 aromatic heterocycles. The summed E-state index contributed by atoms with van der Waals surface area (Å²) in [5.41, 5.74) is 2.66. The topological polar surface area (TPSA) is 143 Å². The largest absolute Gasteiger partial charge is 0.497 e. The number of aryl methyl sites for hydroxylation is 1. The van der Waals surface area contributed by atoms with Crippen LogP contribution >= 0.6 is 0 Å². The summed E-state index contributed by atoms with van der Waals surface area (Å²) in [6.45, 7) is 2.28. The van der Waals surface area contributed by atoms with E-state index in [2.05, 4.69) is 15.5 Å². The average Bonchev–Trinajstić information content (AvgIpc) is 2.96. The highest BCUT2D eigenvalue weighted by atomic mass is 19.4. The van der Waals surface area contributed by atoms with Crippen molar-refractivity contribution in [2.24, 2.45) is 0 Å². The van der Waals surface area contributed by atoms with Gasteiger partial charge in [0.2, 0.25) is 0 Å². The van der Waals surface area contributed by atoms with Crippen molar-refractivity contribution >= 4 is 35.1 Å². The molecule has 42 heavy (non-hydrogen) atoms. The molecule has 0 radical (unpaired) electrons. The minimum Gasteiger partial charge on any atom is -0.497 e. The maximum Gasteiger partial charge on any atom is 0.490 e. The first-order valence-electron chi connectivity index (χ1n) is 12.1. The van der Waals surface area contributed by atoms with E-state index in [4.69, 9.17) is 24.1 Å². The Morgan fingerprint density at radius 1 is 0.952 bits per heavy atom. The van der Waals surface area contributed by atoms with Gasteiger partial charge in [0.05, 0.1) is 27.0 Å². The highest BCUT2D eigenvalue weighted by molar-refractivity contribution is 6.58. The number of methoxy groups -OCH3 is 3. The summed E-state index contributed by atoms with van der Waals surface area (Å²) in [7, 11) is 2.75. The molecule has 4 N–H and O–H groups in total. The minimum absolute atomic E-state index is 0.0124. The van der Waals surface area contributed by atoms with E-state index in [-0.39, 0.29) is 11.2 Å². The van der Waals surface area contributed by atoms with Crippen LogP contribution in [0.4, 0.5) is 23.4 Å². The van der Waals surface area contributed by atoms with Crippen LogP contribution in [0.15, 0.2) is 48.5 Å². The third-order valence-electron chi connectivity index (χ3n) is 6.03. The van der Waals surface area contributed by atoms with Crippen molar-refractivity contribution in [1.82, 2.24) is 10.2 Å². The summed E-state index contributed by atoms with van der Waals surface area (Å²) in [6, 6.07) is 13.6. The Hall–Kier alpha value is -4.63. The quantitative estimate of drug-likeness (QED) is 0.177. The fraction of sp³-hybridized carbons (Fsp3) is 0.222. The number of benzene rings is 3. The Bertz CT molecular complexity index is 1590. The first-order chi connectivity index (χ1) is 19.8. The number of nitrogens with zero attached hydrogens (tertiary/aromatic N) is 2. The molecule has 0 aliphatic heterocycles. The van der Waals surface area contributed by atoms with E-state index in [1.54, 1.807) is 20.3 Å². The van der Waals surface area contributed by atoms with Crippen LogP contribution < -0.4 is 25.0 Å². The van der Waals surface area contributed by atoms with E-state index in [0.29, 0.717) is 40.7 Å². The molecular formula is C27H26BF4N3O7. The molecule has 0 aliphatic carbocycles. The highest BCUT2D eigenvalue weighted by Crippen LogP contribution is 2.35. The third kappa shape index (κ3) is 7.36. The predicted octanol–water partition coefficient (Wildman–Crippen LogP) is 3.70. The normalized spacial score (nSPS) is 10.9. The van der Waals surface area contributed by atoms with E-state index in [9.17, 15) is 27.6 Å². The predicted molar refractivity (Wildman–Crippen MR) is 147 cm³/mol. The first kappa shape index (κ1) is 31.9. The number of hydrogen-bond acceptors (Lipinski definition) is 9. The lowest BCUT2D eigenvalue weighted by Gasteiger charge is -2.15. The second-order valence-electron chi connectivity index (χ2n) is 8.69. The number of anilines is 1. The molecule has 0 atom stereocenters. The summed E-state index contributed by atoms with van der Waals surface area (Å²) >= 11 is 0. The fourth-order valence-electron chi connectivity index (χ4n) is 3.94. The van der Waals surface area contributed by atoms with Gasteiger partial charge in [0.25, 0.3) is 0 Å². The number of nitrogens with one attached hydrogen (secondary N) is 1. The van der Waals surface area contributed by atoms with Gasteiger partial charge in [0.15, 0.2) is 17.4 Å². The van der Waals surface area contributed by atoms with Crippen LogP contribution in [-0.4, -0.2) is 65.9 Å². The van der Waals surface area contributed by atoms with Crippen LogP contribution in [0.25, 0.3) is 21.9 Å². The van der Waals surface area contributed by atoms with E-state index in [0.717, 1.165) is 22.4 Å². The summed E-state index contributed by atoms with van der Waals surface area (Å²) in [5, 5.41) is 39.8. The summed E-state index contributed by atoms with van der Waals surface area (Å²) < 4.78 is 62.3. The van der Waals surface area contributed by atoms with E-state index in [1.165, 1.54) is 13.2 Å². The molecular weight excluding hydrogens is 565 g/mol. The maximum absolute atomic E-state index is 14.6. The van der Waals surface area contributed by atoms with Crippen molar-refractivity contribution in [2.45, 2.75) is 19.6 Å². The number of carbonyl (C=O) groups is 1. The average molecular weight is 591 g/mol. The Morgan fingerprint density at radius 3 is 2.21 bits per heavy atom. The number of aromatic nitrogens is 2. The number of rotatable bonds is 8. The molecule has 0 saturated heterocycles. The fourth-order valence-corrected chi connectivity index (χ4v) is 3.94. The van der Waals surface area contributed by atoms with Crippen LogP contribution in [0.2, 0.25) is 0 Å². The molecule has 0 spiro atoms. The summed E-state index contributed by atoms with van der Waals surface area (Å²) in [6.07, 6.45) is -5.08. The van der Waals surface area contributed by atoms with Crippen LogP contribution in [0, 0.1) is 12.7 Å². The number of carboxylic acids is 1. The standard InChI is InChI=1S/C25H25BFN3O5.C2HF3O2/c1-14-20-9-15(21-10-17(26(31)32)11-22(27)24(21)35-4)6-8-19(20)25(30-29-14)28-13-16-5-7-18(33-2)12-23(16)34-3;3-2(4,5)1(6)7/h5-12,31-32H,13H2,1-4H3,(H,28,30);(H,6,7). The Morgan fingerprint density at radius 2 is 1.64 bits per heavy atom. The zero-order valence-corrected chi connectivity index (χ0v) is 22.8. The molecule has 4 rings (SSSR count). The zero-order valence-electron chi connectivity index (χ0n) is 22.8. The molecule has 3 aromatic carbocycles. The maximum atomic E-state index is 14.6. The van der Waals surface area contributed by atoms with Gasteiger partial charge in [0.1, 0.15) is 11.5 Å². The number of alkyl halides is 3. The molecule has 0 aliphatic rings. The molecule has 0 bridgehead atoms. The number of hydrogen-bond donors (Lipinski definition) is 4. The molecule has 4 aromatic rings. The number of ether oxygens (including phenoxy) is 3. The van der Waals surface area contributed by atoms with Crippen molar-refractivity contribution in [3.05, 3.63) is 65.6 Å². The molecule has 0 amide bonds. The monoisotopic (exact) mass is 591 g/mol. The third-order valence-corrected chi connectivity index (χ3v) is 6.03. The Balaban J connectivity index is 0.000000616. The minimum atomic E-state index is -5.08. The Labute approximate surface area is 237 Å². The van der Waals surface area contributed by atoms with Gasteiger partial charge in [-0.2, -0.15) is 18.3 Å². The lowest BCUT2D eigenvalue weighted by molar-refractivity contribution is -0.192. The van der Waals surface area contributed by atoms with E-state index < -0.39 is 25.1 Å².